The molecule has 0 saturated heterocycles. The number of hydrogen-bond acceptors (Lipinski definition) is 3. The minimum absolute atomic E-state index is 0.298. The van der Waals surface area contributed by atoms with Crippen LogP contribution in [-0.2, 0) is 9.53 Å². The third-order valence-electron chi connectivity index (χ3n) is 1.83. The second kappa shape index (κ2) is 5.97. The highest BCUT2D eigenvalue weighted by molar-refractivity contribution is 6.37. The first-order valence-corrected chi connectivity index (χ1v) is 5.59. The summed E-state index contributed by atoms with van der Waals surface area (Å²) in [5, 5.41) is 0.729. The van der Waals surface area contributed by atoms with Crippen molar-refractivity contribution >= 4 is 29.2 Å². The van der Waals surface area contributed by atoms with Crippen molar-refractivity contribution in [3.63, 3.8) is 0 Å². The molecule has 1 atom stereocenters. The number of rotatable bonds is 4. The van der Waals surface area contributed by atoms with Crippen LogP contribution in [0.15, 0.2) is 18.2 Å². The molecule has 0 saturated carbocycles. The van der Waals surface area contributed by atoms with Crippen LogP contribution in [0.5, 0.6) is 5.75 Å². The van der Waals surface area contributed by atoms with E-state index in [0.29, 0.717) is 22.4 Å². The molecule has 0 fully saturated rings. The van der Waals surface area contributed by atoms with E-state index in [1.807, 2.05) is 0 Å². The molecule has 88 valence electrons. The number of para-hydroxylation sites is 1. The summed E-state index contributed by atoms with van der Waals surface area (Å²) >= 11 is 11.8. The summed E-state index contributed by atoms with van der Waals surface area (Å²) in [6.07, 6.45) is -0.739. The van der Waals surface area contributed by atoms with Crippen LogP contribution in [0.3, 0.4) is 0 Å². The maximum Gasteiger partial charge on any atom is 0.347 e. The molecule has 1 aromatic carbocycles. The first-order valence-electron chi connectivity index (χ1n) is 4.83. The van der Waals surface area contributed by atoms with E-state index in [2.05, 4.69) is 0 Å². The van der Waals surface area contributed by atoms with Gasteiger partial charge in [0.15, 0.2) is 11.9 Å². The van der Waals surface area contributed by atoms with Gasteiger partial charge < -0.3 is 9.47 Å². The number of esters is 1. The minimum Gasteiger partial charge on any atom is -0.476 e. The quantitative estimate of drug-likeness (QED) is 0.781. The average Bonchev–Trinajstić information content (AvgIpc) is 2.23. The summed E-state index contributed by atoms with van der Waals surface area (Å²) in [5.41, 5.74) is 0. The lowest BCUT2D eigenvalue weighted by Gasteiger charge is -2.15. The number of ether oxygens (including phenoxy) is 2. The topological polar surface area (TPSA) is 35.5 Å². The van der Waals surface area contributed by atoms with E-state index in [0.717, 1.165) is 0 Å². The molecule has 1 aromatic rings. The molecule has 0 aliphatic rings. The van der Waals surface area contributed by atoms with Crippen LogP contribution < -0.4 is 4.74 Å². The lowest BCUT2D eigenvalue weighted by Crippen LogP contribution is -2.26. The van der Waals surface area contributed by atoms with Crippen LogP contribution >= 0.6 is 23.2 Å². The third kappa shape index (κ3) is 3.29. The highest BCUT2D eigenvalue weighted by Crippen LogP contribution is 2.33. The molecule has 5 heteroatoms. The van der Waals surface area contributed by atoms with Gasteiger partial charge in [0.2, 0.25) is 0 Å². The number of carbonyl (C=O) groups is 1. The highest BCUT2D eigenvalue weighted by Gasteiger charge is 2.18. The molecule has 0 N–H and O–H groups in total. The Labute approximate surface area is 104 Å². The maximum atomic E-state index is 11.3. The molecule has 0 radical (unpaired) electrons. The number of carbonyl (C=O) groups excluding carboxylic acids is 1. The van der Waals surface area contributed by atoms with Gasteiger partial charge in [0.05, 0.1) is 16.7 Å². The number of hydrogen-bond donors (Lipinski definition) is 0. The van der Waals surface area contributed by atoms with Crippen molar-refractivity contribution in [1.29, 1.82) is 0 Å². The van der Waals surface area contributed by atoms with Crippen molar-refractivity contribution in [3.05, 3.63) is 28.2 Å². The van der Waals surface area contributed by atoms with E-state index in [4.69, 9.17) is 32.7 Å². The van der Waals surface area contributed by atoms with Gasteiger partial charge in [0, 0.05) is 0 Å². The van der Waals surface area contributed by atoms with Crippen LogP contribution in [0.1, 0.15) is 13.8 Å². The minimum atomic E-state index is -0.739. The molecular formula is C11H12Cl2O3. The maximum absolute atomic E-state index is 11.3. The fourth-order valence-electron chi connectivity index (χ4n) is 1.08. The third-order valence-corrected chi connectivity index (χ3v) is 2.43. The van der Waals surface area contributed by atoms with Gasteiger partial charge in [-0.3, -0.25) is 0 Å². The number of benzene rings is 1. The van der Waals surface area contributed by atoms with E-state index in [1.165, 1.54) is 0 Å². The monoisotopic (exact) mass is 262 g/mol. The Kier molecular flexibility index (Phi) is 4.90. The highest BCUT2D eigenvalue weighted by atomic mass is 35.5. The molecule has 0 bridgehead atoms. The van der Waals surface area contributed by atoms with E-state index in [1.54, 1.807) is 32.0 Å². The van der Waals surface area contributed by atoms with E-state index in [-0.39, 0.29) is 0 Å². The molecule has 0 heterocycles. The summed E-state index contributed by atoms with van der Waals surface area (Å²) in [6.45, 7) is 3.62. The van der Waals surface area contributed by atoms with E-state index < -0.39 is 12.1 Å². The fourth-order valence-corrected chi connectivity index (χ4v) is 1.57. The van der Waals surface area contributed by atoms with Gasteiger partial charge in [0.25, 0.3) is 0 Å². The van der Waals surface area contributed by atoms with Gasteiger partial charge in [-0.2, -0.15) is 0 Å². The van der Waals surface area contributed by atoms with Crippen LogP contribution in [0.25, 0.3) is 0 Å². The summed E-state index contributed by atoms with van der Waals surface area (Å²) in [5.74, 6) is -0.148. The zero-order valence-corrected chi connectivity index (χ0v) is 10.5. The van der Waals surface area contributed by atoms with Crippen molar-refractivity contribution in [3.8, 4) is 5.75 Å². The second-order valence-electron chi connectivity index (χ2n) is 3.06. The Bertz CT molecular complexity index is 359. The Morgan fingerprint density at radius 2 is 1.94 bits per heavy atom. The van der Waals surface area contributed by atoms with Crippen LogP contribution in [-0.4, -0.2) is 18.7 Å². The SMILES string of the molecule is CCOC(=O)C(C)Oc1c(Cl)cccc1Cl. The van der Waals surface area contributed by atoms with Gasteiger partial charge in [-0.25, -0.2) is 4.79 Å². The predicted molar refractivity (Wildman–Crippen MR) is 63.2 cm³/mol. The van der Waals surface area contributed by atoms with Crippen molar-refractivity contribution < 1.29 is 14.3 Å². The summed E-state index contributed by atoms with van der Waals surface area (Å²) in [4.78, 5) is 11.3. The molecular weight excluding hydrogens is 251 g/mol. The van der Waals surface area contributed by atoms with Gasteiger partial charge in [-0.15, -0.1) is 0 Å². The number of halogens is 2. The van der Waals surface area contributed by atoms with Crippen molar-refractivity contribution in [2.75, 3.05) is 6.61 Å². The average molecular weight is 263 g/mol. The van der Waals surface area contributed by atoms with Crippen LogP contribution in [0.2, 0.25) is 10.0 Å². The molecule has 3 nitrogen and oxygen atoms in total. The standard InChI is InChI=1S/C11H12Cl2O3/c1-3-15-11(14)7(2)16-10-8(12)5-4-6-9(10)13/h4-7H,3H2,1-2H3. The Hall–Kier alpha value is -0.930. The fraction of sp³-hybridized carbons (Fsp3) is 0.364. The lowest BCUT2D eigenvalue weighted by molar-refractivity contribution is -0.150. The molecule has 16 heavy (non-hydrogen) atoms. The van der Waals surface area contributed by atoms with Crippen LogP contribution in [0, 0.1) is 0 Å². The van der Waals surface area contributed by atoms with Gasteiger partial charge in [0.1, 0.15) is 0 Å². The van der Waals surface area contributed by atoms with Crippen molar-refractivity contribution in [1.82, 2.24) is 0 Å². The van der Waals surface area contributed by atoms with E-state index >= 15 is 0 Å². The Morgan fingerprint density at radius 3 is 2.44 bits per heavy atom. The normalized spacial score (nSPS) is 12.0. The predicted octanol–water partition coefficient (Wildman–Crippen LogP) is 3.32. The van der Waals surface area contributed by atoms with Gasteiger partial charge in [-0.1, -0.05) is 29.3 Å². The molecule has 0 amide bonds. The molecule has 0 spiro atoms. The molecule has 0 aliphatic heterocycles. The zero-order chi connectivity index (χ0) is 12.1. The van der Waals surface area contributed by atoms with Crippen molar-refractivity contribution in [2.45, 2.75) is 20.0 Å². The zero-order valence-electron chi connectivity index (χ0n) is 9.00. The first-order chi connectivity index (χ1) is 7.56. The molecule has 1 unspecified atom stereocenters. The summed E-state index contributed by atoms with van der Waals surface area (Å²) < 4.78 is 10.2. The van der Waals surface area contributed by atoms with Gasteiger partial charge >= 0.3 is 5.97 Å². The van der Waals surface area contributed by atoms with E-state index in [9.17, 15) is 4.79 Å². The van der Waals surface area contributed by atoms with Gasteiger partial charge in [-0.05, 0) is 26.0 Å². The first kappa shape index (κ1) is 13.1. The smallest absolute Gasteiger partial charge is 0.347 e. The summed E-state index contributed by atoms with van der Waals surface area (Å²) in [7, 11) is 0. The molecule has 0 aromatic heterocycles. The molecule has 1 rings (SSSR count). The largest absolute Gasteiger partial charge is 0.476 e. The lowest BCUT2D eigenvalue weighted by atomic mass is 10.3. The molecule has 0 aliphatic carbocycles. The van der Waals surface area contributed by atoms with Crippen molar-refractivity contribution in [2.24, 2.45) is 0 Å². The summed E-state index contributed by atoms with van der Waals surface area (Å²) in [6, 6.07) is 4.98. The van der Waals surface area contributed by atoms with Crippen LogP contribution in [0.4, 0.5) is 0 Å². The Balaban J connectivity index is 2.76. The Morgan fingerprint density at radius 1 is 1.38 bits per heavy atom. The second-order valence-corrected chi connectivity index (χ2v) is 3.88.